The molecule has 0 unspecified atom stereocenters. The van der Waals surface area contributed by atoms with Gasteiger partial charge in [-0.3, -0.25) is 0 Å². The lowest BCUT2D eigenvalue weighted by atomic mass is 10.0. The molecular formula is C22H16F3N. The SMILES string of the molecule is Cn1c(-c2ccccc2)c2ccccc2c1-c1ccc(C(F)(F)F)cc1. The van der Waals surface area contributed by atoms with E-state index < -0.39 is 11.7 Å². The first kappa shape index (κ1) is 16.5. The number of rotatable bonds is 2. The third kappa shape index (κ3) is 2.68. The van der Waals surface area contributed by atoms with E-state index in [0.29, 0.717) is 0 Å². The first-order valence-electron chi connectivity index (χ1n) is 8.27. The minimum atomic E-state index is -4.33. The van der Waals surface area contributed by atoms with E-state index in [9.17, 15) is 13.2 Å². The van der Waals surface area contributed by atoms with E-state index >= 15 is 0 Å². The maximum atomic E-state index is 12.9. The summed E-state index contributed by atoms with van der Waals surface area (Å²) in [6, 6.07) is 23.3. The Labute approximate surface area is 149 Å². The van der Waals surface area contributed by atoms with Crippen LogP contribution in [-0.4, -0.2) is 4.57 Å². The minimum Gasteiger partial charge on any atom is -0.343 e. The monoisotopic (exact) mass is 351 g/mol. The van der Waals surface area contributed by atoms with E-state index in [4.69, 9.17) is 0 Å². The van der Waals surface area contributed by atoms with Gasteiger partial charge in [-0.2, -0.15) is 13.2 Å². The zero-order valence-electron chi connectivity index (χ0n) is 14.1. The summed E-state index contributed by atoms with van der Waals surface area (Å²) in [5.74, 6) is 0. The predicted octanol–water partition coefficient (Wildman–Crippen LogP) is 6.53. The van der Waals surface area contributed by atoms with E-state index in [1.165, 1.54) is 0 Å². The lowest BCUT2D eigenvalue weighted by Gasteiger charge is -2.10. The van der Waals surface area contributed by atoms with Gasteiger partial charge in [0.15, 0.2) is 0 Å². The number of benzene rings is 3. The van der Waals surface area contributed by atoms with Crippen molar-refractivity contribution in [3.8, 4) is 22.5 Å². The van der Waals surface area contributed by atoms with Gasteiger partial charge in [0.1, 0.15) is 0 Å². The third-order valence-corrected chi connectivity index (χ3v) is 4.64. The van der Waals surface area contributed by atoms with Gasteiger partial charge in [0.2, 0.25) is 0 Å². The number of fused-ring (bicyclic) bond motifs is 1. The Hall–Kier alpha value is -3.01. The van der Waals surface area contributed by atoms with Gasteiger partial charge < -0.3 is 4.57 Å². The highest BCUT2D eigenvalue weighted by molar-refractivity contribution is 6.05. The standard InChI is InChI=1S/C22H16F3N/c1-26-20(15-7-3-2-4-8-15)18-9-5-6-10-19(18)21(26)16-11-13-17(14-12-16)22(23,24)25/h2-14H,1H3. The van der Waals surface area contributed by atoms with Gasteiger partial charge in [-0.1, -0.05) is 66.7 Å². The van der Waals surface area contributed by atoms with Crippen molar-refractivity contribution in [2.75, 3.05) is 0 Å². The topological polar surface area (TPSA) is 4.93 Å². The molecule has 0 N–H and O–H groups in total. The maximum absolute atomic E-state index is 12.9. The zero-order chi connectivity index (χ0) is 18.3. The molecule has 0 bridgehead atoms. The number of nitrogens with zero attached hydrogens (tertiary/aromatic N) is 1. The molecule has 0 radical (unpaired) electrons. The molecule has 0 amide bonds. The molecule has 0 saturated heterocycles. The summed E-state index contributed by atoms with van der Waals surface area (Å²) in [6.45, 7) is 0. The van der Waals surface area contributed by atoms with E-state index in [0.717, 1.165) is 45.4 Å². The van der Waals surface area contributed by atoms with Crippen LogP contribution in [0.25, 0.3) is 33.3 Å². The Balaban J connectivity index is 1.95. The molecule has 4 aromatic rings. The van der Waals surface area contributed by atoms with Crippen molar-refractivity contribution in [3.63, 3.8) is 0 Å². The molecule has 0 spiro atoms. The highest BCUT2D eigenvalue weighted by Crippen LogP contribution is 2.39. The largest absolute Gasteiger partial charge is 0.416 e. The molecule has 0 atom stereocenters. The zero-order valence-corrected chi connectivity index (χ0v) is 14.1. The Bertz CT molecular complexity index is 1060. The quantitative estimate of drug-likeness (QED) is 0.387. The van der Waals surface area contributed by atoms with Gasteiger partial charge in [0.25, 0.3) is 0 Å². The maximum Gasteiger partial charge on any atom is 0.416 e. The first-order chi connectivity index (χ1) is 12.5. The van der Waals surface area contributed by atoms with Crippen LogP contribution < -0.4 is 0 Å². The van der Waals surface area contributed by atoms with Gasteiger partial charge in [0, 0.05) is 17.8 Å². The highest BCUT2D eigenvalue weighted by atomic mass is 19.4. The van der Waals surface area contributed by atoms with Crippen LogP contribution >= 0.6 is 0 Å². The summed E-state index contributed by atoms with van der Waals surface area (Å²) in [6.07, 6.45) is -4.33. The molecule has 0 aliphatic heterocycles. The van der Waals surface area contributed by atoms with Crippen molar-refractivity contribution < 1.29 is 13.2 Å². The molecule has 130 valence electrons. The summed E-state index contributed by atoms with van der Waals surface area (Å²) >= 11 is 0. The van der Waals surface area contributed by atoms with E-state index in [1.54, 1.807) is 12.1 Å². The summed E-state index contributed by atoms with van der Waals surface area (Å²) in [5, 5.41) is 2.10. The average molecular weight is 351 g/mol. The number of aromatic nitrogens is 1. The Morgan fingerprint density at radius 2 is 1.08 bits per heavy atom. The lowest BCUT2D eigenvalue weighted by molar-refractivity contribution is -0.137. The summed E-state index contributed by atoms with van der Waals surface area (Å²) in [5.41, 5.74) is 3.16. The van der Waals surface area contributed by atoms with Crippen molar-refractivity contribution in [1.82, 2.24) is 4.57 Å². The first-order valence-corrected chi connectivity index (χ1v) is 8.27. The number of hydrogen-bond donors (Lipinski definition) is 0. The Kier molecular flexibility index (Phi) is 3.83. The fourth-order valence-electron chi connectivity index (χ4n) is 3.48. The molecule has 1 nitrogen and oxygen atoms in total. The van der Waals surface area contributed by atoms with Crippen molar-refractivity contribution in [2.24, 2.45) is 7.05 Å². The number of alkyl halides is 3. The van der Waals surface area contributed by atoms with Gasteiger partial charge in [-0.25, -0.2) is 0 Å². The van der Waals surface area contributed by atoms with E-state index in [1.807, 2.05) is 61.6 Å². The lowest BCUT2D eigenvalue weighted by Crippen LogP contribution is -2.04. The second-order valence-corrected chi connectivity index (χ2v) is 6.24. The Morgan fingerprint density at radius 3 is 1.58 bits per heavy atom. The van der Waals surface area contributed by atoms with Crippen LogP contribution in [0.4, 0.5) is 13.2 Å². The summed E-state index contributed by atoms with van der Waals surface area (Å²) in [4.78, 5) is 0. The van der Waals surface area contributed by atoms with Crippen LogP contribution in [0, 0.1) is 0 Å². The normalized spacial score (nSPS) is 11.8. The fraction of sp³-hybridized carbons (Fsp3) is 0.0909. The molecule has 4 rings (SSSR count). The Morgan fingerprint density at radius 1 is 0.615 bits per heavy atom. The van der Waals surface area contributed by atoms with Gasteiger partial charge in [-0.15, -0.1) is 0 Å². The van der Waals surface area contributed by atoms with Gasteiger partial charge >= 0.3 is 6.18 Å². The van der Waals surface area contributed by atoms with Crippen LogP contribution in [0.5, 0.6) is 0 Å². The third-order valence-electron chi connectivity index (χ3n) is 4.64. The number of halogens is 3. The van der Waals surface area contributed by atoms with Gasteiger partial charge in [-0.05, 0) is 23.3 Å². The van der Waals surface area contributed by atoms with Crippen LogP contribution in [0.3, 0.4) is 0 Å². The molecule has 3 aromatic carbocycles. The molecule has 4 heteroatoms. The molecule has 1 aromatic heterocycles. The average Bonchev–Trinajstić information content (AvgIpc) is 2.93. The molecule has 0 fully saturated rings. The van der Waals surface area contributed by atoms with Crippen LogP contribution in [0.2, 0.25) is 0 Å². The molecule has 26 heavy (non-hydrogen) atoms. The van der Waals surface area contributed by atoms with Crippen molar-refractivity contribution in [3.05, 3.63) is 84.4 Å². The fourth-order valence-corrected chi connectivity index (χ4v) is 3.48. The van der Waals surface area contributed by atoms with Gasteiger partial charge in [0.05, 0.1) is 17.0 Å². The van der Waals surface area contributed by atoms with Crippen molar-refractivity contribution in [1.29, 1.82) is 0 Å². The summed E-state index contributed by atoms with van der Waals surface area (Å²) < 4.78 is 40.7. The van der Waals surface area contributed by atoms with E-state index in [-0.39, 0.29) is 0 Å². The molecular weight excluding hydrogens is 335 g/mol. The van der Waals surface area contributed by atoms with Crippen molar-refractivity contribution in [2.45, 2.75) is 6.18 Å². The second-order valence-electron chi connectivity index (χ2n) is 6.24. The summed E-state index contributed by atoms with van der Waals surface area (Å²) in [7, 11) is 1.95. The highest BCUT2D eigenvalue weighted by Gasteiger charge is 2.30. The molecule has 0 aliphatic rings. The number of hydrogen-bond acceptors (Lipinski definition) is 0. The smallest absolute Gasteiger partial charge is 0.343 e. The molecule has 1 heterocycles. The molecule has 0 saturated carbocycles. The minimum absolute atomic E-state index is 0.636. The van der Waals surface area contributed by atoms with E-state index in [2.05, 4.69) is 4.57 Å². The van der Waals surface area contributed by atoms with Crippen molar-refractivity contribution >= 4 is 10.8 Å². The van der Waals surface area contributed by atoms with Crippen LogP contribution in [0.15, 0.2) is 78.9 Å². The predicted molar refractivity (Wildman–Crippen MR) is 98.8 cm³/mol. The molecule has 0 aliphatic carbocycles. The second kappa shape index (κ2) is 6.06. The van der Waals surface area contributed by atoms with Crippen LogP contribution in [-0.2, 0) is 13.2 Å². The van der Waals surface area contributed by atoms with Crippen LogP contribution in [0.1, 0.15) is 5.56 Å².